The summed E-state index contributed by atoms with van der Waals surface area (Å²) in [5, 5.41) is 10.2. The van der Waals surface area contributed by atoms with E-state index in [1.807, 2.05) is 12.1 Å². The minimum absolute atomic E-state index is 0.368. The number of hydrogen-bond acceptors (Lipinski definition) is 3. The predicted molar refractivity (Wildman–Crippen MR) is 76.1 cm³/mol. The van der Waals surface area contributed by atoms with E-state index in [0.717, 1.165) is 38.0 Å². The van der Waals surface area contributed by atoms with Gasteiger partial charge in [0.05, 0.1) is 6.10 Å². The highest BCUT2D eigenvalue weighted by Crippen LogP contribution is 2.18. The van der Waals surface area contributed by atoms with Gasteiger partial charge in [-0.2, -0.15) is 0 Å². The van der Waals surface area contributed by atoms with E-state index in [1.54, 1.807) is 0 Å². The van der Waals surface area contributed by atoms with Crippen LogP contribution in [0.2, 0.25) is 0 Å². The number of ketones is 1. The van der Waals surface area contributed by atoms with Crippen molar-refractivity contribution >= 4 is 5.78 Å². The maximum absolute atomic E-state index is 11.2. The summed E-state index contributed by atoms with van der Waals surface area (Å²) in [6.07, 6.45) is 2.70. The van der Waals surface area contributed by atoms with Gasteiger partial charge in [0.15, 0.2) is 0 Å². The molecular weight excluding hydrogens is 238 g/mol. The van der Waals surface area contributed by atoms with Crippen molar-refractivity contribution in [3.8, 4) is 0 Å². The zero-order valence-electron chi connectivity index (χ0n) is 11.6. The molecule has 2 rings (SSSR count). The second-order valence-corrected chi connectivity index (χ2v) is 5.28. The first-order valence-electron chi connectivity index (χ1n) is 7.20. The van der Waals surface area contributed by atoms with Gasteiger partial charge in [-0.25, -0.2) is 0 Å². The zero-order chi connectivity index (χ0) is 13.7. The standard InChI is InChI=1S/C16H23NO2/c1-2-13-3-5-14(6-4-13)16(19)9-12-17-10-7-15(18)8-11-17/h3-6,16,19H,2,7-12H2,1H3. The minimum atomic E-state index is -0.400. The topological polar surface area (TPSA) is 40.5 Å². The third-order valence-corrected chi connectivity index (χ3v) is 3.91. The minimum Gasteiger partial charge on any atom is -0.388 e. The van der Waals surface area contributed by atoms with Crippen LogP contribution in [0.1, 0.15) is 43.4 Å². The van der Waals surface area contributed by atoms with Crippen LogP contribution in [0, 0.1) is 0 Å². The molecule has 1 atom stereocenters. The molecule has 0 spiro atoms. The number of likely N-dealkylation sites (tertiary alicyclic amines) is 1. The van der Waals surface area contributed by atoms with Crippen LogP contribution in [-0.4, -0.2) is 35.4 Å². The van der Waals surface area contributed by atoms with E-state index in [1.165, 1.54) is 5.56 Å². The normalized spacial score (nSPS) is 18.5. The summed E-state index contributed by atoms with van der Waals surface area (Å²) < 4.78 is 0. The molecule has 1 saturated heterocycles. The molecule has 1 aromatic rings. The largest absolute Gasteiger partial charge is 0.388 e. The van der Waals surface area contributed by atoms with E-state index >= 15 is 0 Å². The Kier molecular flexibility index (Phi) is 5.11. The lowest BCUT2D eigenvalue weighted by Crippen LogP contribution is -2.35. The smallest absolute Gasteiger partial charge is 0.135 e. The Hall–Kier alpha value is -1.19. The quantitative estimate of drug-likeness (QED) is 0.884. The molecule has 1 heterocycles. The van der Waals surface area contributed by atoms with Gasteiger partial charge in [0.1, 0.15) is 5.78 Å². The Bertz CT molecular complexity index is 403. The second kappa shape index (κ2) is 6.83. The van der Waals surface area contributed by atoms with Crippen LogP contribution in [0.15, 0.2) is 24.3 Å². The molecule has 0 radical (unpaired) electrons. The molecule has 1 aromatic carbocycles. The lowest BCUT2D eigenvalue weighted by Gasteiger charge is -2.26. The number of piperidine rings is 1. The van der Waals surface area contributed by atoms with Crippen LogP contribution in [0.4, 0.5) is 0 Å². The third kappa shape index (κ3) is 4.15. The van der Waals surface area contributed by atoms with Gasteiger partial charge in [-0.05, 0) is 24.0 Å². The summed E-state index contributed by atoms with van der Waals surface area (Å²) in [6.45, 7) is 4.69. The van der Waals surface area contributed by atoms with Crippen LogP contribution < -0.4 is 0 Å². The molecule has 19 heavy (non-hydrogen) atoms. The van der Waals surface area contributed by atoms with Gasteiger partial charge in [0.2, 0.25) is 0 Å². The van der Waals surface area contributed by atoms with E-state index in [4.69, 9.17) is 0 Å². The molecule has 1 aliphatic heterocycles. The average molecular weight is 261 g/mol. The summed E-state index contributed by atoms with van der Waals surface area (Å²) in [5.74, 6) is 0.368. The van der Waals surface area contributed by atoms with E-state index < -0.39 is 6.10 Å². The Morgan fingerprint density at radius 3 is 2.42 bits per heavy atom. The molecular formula is C16H23NO2. The van der Waals surface area contributed by atoms with Crippen LogP contribution in [-0.2, 0) is 11.2 Å². The molecule has 1 fully saturated rings. The first-order valence-corrected chi connectivity index (χ1v) is 7.20. The van der Waals surface area contributed by atoms with Crippen molar-refractivity contribution in [2.45, 2.75) is 38.7 Å². The first kappa shape index (κ1) is 14.2. The van der Waals surface area contributed by atoms with Gasteiger partial charge >= 0.3 is 0 Å². The summed E-state index contributed by atoms with van der Waals surface area (Å²) >= 11 is 0. The number of aryl methyl sites for hydroxylation is 1. The Morgan fingerprint density at radius 2 is 1.84 bits per heavy atom. The fourth-order valence-electron chi connectivity index (χ4n) is 2.47. The number of hydrogen-bond donors (Lipinski definition) is 1. The van der Waals surface area contributed by atoms with Crippen molar-refractivity contribution in [3.05, 3.63) is 35.4 Å². The summed E-state index contributed by atoms with van der Waals surface area (Å²) in [4.78, 5) is 13.4. The number of rotatable bonds is 5. The summed E-state index contributed by atoms with van der Waals surface area (Å²) in [5.41, 5.74) is 2.29. The molecule has 1 aliphatic rings. The highest BCUT2D eigenvalue weighted by molar-refractivity contribution is 5.79. The van der Waals surface area contributed by atoms with Crippen LogP contribution in [0.25, 0.3) is 0 Å². The molecule has 3 nitrogen and oxygen atoms in total. The number of carbonyl (C=O) groups is 1. The van der Waals surface area contributed by atoms with Gasteiger partial charge in [-0.3, -0.25) is 4.79 Å². The number of Topliss-reactive ketones (excluding diaryl/α,β-unsaturated/α-hetero) is 1. The number of aliphatic hydroxyl groups is 1. The number of benzene rings is 1. The van der Waals surface area contributed by atoms with Crippen molar-refractivity contribution in [1.29, 1.82) is 0 Å². The third-order valence-electron chi connectivity index (χ3n) is 3.91. The van der Waals surface area contributed by atoms with Gasteiger partial charge in [0.25, 0.3) is 0 Å². The molecule has 0 aliphatic carbocycles. The average Bonchev–Trinajstić information content (AvgIpc) is 2.46. The molecule has 1 N–H and O–H groups in total. The molecule has 0 aromatic heterocycles. The fraction of sp³-hybridized carbons (Fsp3) is 0.562. The monoisotopic (exact) mass is 261 g/mol. The van der Waals surface area contributed by atoms with E-state index in [9.17, 15) is 9.90 Å². The van der Waals surface area contributed by atoms with Crippen LogP contribution in [0.5, 0.6) is 0 Å². The van der Waals surface area contributed by atoms with E-state index in [0.29, 0.717) is 18.6 Å². The van der Waals surface area contributed by atoms with Crippen molar-refractivity contribution in [1.82, 2.24) is 4.90 Å². The van der Waals surface area contributed by atoms with Gasteiger partial charge in [-0.15, -0.1) is 0 Å². The zero-order valence-corrected chi connectivity index (χ0v) is 11.6. The Balaban J connectivity index is 1.80. The molecule has 0 bridgehead atoms. The van der Waals surface area contributed by atoms with E-state index in [2.05, 4.69) is 24.0 Å². The number of nitrogens with zero attached hydrogens (tertiary/aromatic N) is 1. The Labute approximate surface area is 115 Å². The van der Waals surface area contributed by atoms with Gasteiger partial charge in [0, 0.05) is 32.5 Å². The number of carbonyl (C=O) groups excluding carboxylic acids is 1. The number of aliphatic hydroxyl groups excluding tert-OH is 1. The molecule has 104 valence electrons. The molecule has 0 amide bonds. The highest BCUT2D eigenvalue weighted by atomic mass is 16.3. The first-order chi connectivity index (χ1) is 9.19. The summed E-state index contributed by atoms with van der Waals surface area (Å²) in [6, 6.07) is 8.20. The van der Waals surface area contributed by atoms with Crippen molar-refractivity contribution in [2.75, 3.05) is 19.6 Å². The van der Waals surface area contributed by atoms with Crippen molar-refractivity contribution in [3.63, 3.8) is 0 Å². The maximum Gasteiger partial charge on any atom is 0.135 e. The molecule has 1 unspecified atom stereocenters. The predicted octanol–water partition coefficient (Wildman–Crippen LogP) is 2.34. The lowest BCUT2D eigenvalue weighted by atomic mass is 10.0. The second-order valence-electron chi connectivity index (χ2n) is 5.28. The highest BCUT2D eigenvalue weighted by Gasteiger charge is 2.17. The SMILES string of the molecule is CCc1ccc(C(O)CCN2CCC(=O)CC2)cc1. The molecule has 3 heteroatoms. The molecule has 0 saturated carbocycles. The van der Waals surface area contributed by atoms with Gasteiger partial charge < -0.3 is 10.0 Å². The lowest BCUT2D eigenvalue weighted by molar-refractivity contribution is -0.121. The summed E-state index contributed by atoms with van der Waals surface area (Å²) in [7, 11) is 0. The fourth-order valence-corrected chi connectivity index (χ4v) is 2.47. The Morgan fingerprint density at radius 1 is 1.21 bits per heavy atom. The van der Waals surface area contributed by atoms with E-state index in [-0.39, 0.29) is 0 Å². The van der Waals surface area contributed by atoms with Gasteiger partial charge in [-0.1, -0.05) is 31.2 Å². The van der Waals surface area contributed by atoms with Crippen LogP contribution >= 0.6 is 0 Å². The van der Waals surface area contributed by atoms with Crippen molar-refractivity contribution in [2.24, 2.45) is 0 Å². The van der Waals surface area contributed by atoms with Crippen molar-refractivity contribution < 1.29 is 9.90 Å². The van der Waals surface area contributed by atoms with Crippen LogP contribution in [0.3, 0.4) is 0 Å². The maximum atomic E-state index is 11.2.